The summed E-state index contributed by atoms with van der Waals surface area (Å²) < 4.78 is 94.7. The van der Waals surface area contributed by atoms with Gasteiger partial charge in [0.1, 0.15) is 22.5 Å². The summed E-state index contributed by atoms with van der Waals surface area (Å²) in [5.74, 6) is -0.747. The molecule has 0 aliphatic heterocycles. The predicted octanol–water partition coefficient (Wildman–Crippen LogP) is 6.45. The first-order valence-corrected chi connectivity index (χ1v) is 9.69. The average Bonchev–Trinajstić information content (AvgIpc) is 2.75. The van der Waals surface area contributed by atoms with Crippen LogP contribution in [0.5, 0.6) is 11.5 Å². The van der Waals surface area contributed by atoms with Crippen molar-refractivity contribution >= 4 is 35.3 Å². The summed E-state index contributed by atoms with van der Waals surface area (Å²) in [5.41, 5.74) is 3.27. The third-order valence-electron chi connectivity index (χ3n) is 3.82. The molecular weight excluding hydrogens is 511 g/mol. The lowest BCUT2D eigenvalue weighted by molar-refractivity contribution is -0.274. The fraction of sp³-hybridized carbons (Fsp3) is 0.150. The van der Waals surface area contributed by atoms with Crippen LogP contribution in [0, 0.1) is 0 Å². The predicted molar refractivity (Wildman–Crippen MR) is 113 cm³/mol. The quantitative estimate of drug-likeness (QED) is 0.145. The summed E-state index contributed by atoms with van der Waals surface area (Å²) in [4.78, 5) is 7.99. The largest absolute Gasteiger partial charge is 0.573 e. The van der Waals surface area contributed by atoms with Crippen LogP contribution in [-0.4, -0.2) is 35.1 Å². The second-order valence-electron chi connectivity index (χ2n) is 6.50. The number of hydrazone groups is 1. The van der Waals surface area contributed by atoms with E-state index in [1.165, 1.54) is 36.5 Å². The molecule has 0 amide bonds. The fourth-order valence-corrected chi connectivity index (χ4v) is 2.59. The second-order valence-corrected chi connectivity index (χ2v) is 6.89. The van der Waals surface area contributed by atoms with Gasteiger partial charge in [-0.25, -0.2) is 5.43 Å². The molecule has 2 N–H and O–H groups in total. The number of hydrogen-bond donors (Lipinski definition) is 2. The number of hydrogen-bond acceptors (Lipinski definition) is 7. The third kappa shape index (κ3) is 8.17. The fourth-order valence-electron chi connectivity index (χ4n) is 2.41. The van der Waals surface area contributed by atoms with Crippen LogP contribution in [0.15, 0.2) is 59.7 Å². The average molecular weight is 524 g/mol. The number of aromatic nitrogens is 2. The maximum Gasteiger partial charge on any atom is 0.573 e. The van der Waals surface area contributed by atoms with Gasteiger partial charge in [0, 0.05) is 11.8 Å². The molecule has 1 aromatic heterocycles. The number of ether oxygens (including phenoxy) is 2. The van der Waals surface area contributed by atoms with Crippen molar-refractivity contribution in [2.75, 3.05) is 10.7 Å². The van der Waals surface area contributed by atoms with Gasteiger partial charge in [0.15, 0.2) is 0 Å². The summed E-state index contributed by atoms with van der Waals surface area (Å²) >= 11 is 5.95. The highest BCUT2D eigenvalue weighted by atomic mass is 35.5. The molecule has 0 fully saturated rings. The van der Waals surface area contributed by atoms with E-state index in [-0.39, 0.29) is 22.7 Å². The molecular formula is C20H13ClF7N5O2. The van der Waals surface area contributed by atoms with E-state index < -0.39 is 24.6 Å². The van der Waals surface area contributed by atoms with Gasteiger partial charge in [-0.05, 0) is 54.1 Å². The van der Waals surface area contributed by atoms with Gasteiger partial charge in [-0.1, -0.05) is 11.6 Å². The Labute approximate surface area is 197 Å². The van der Waals surface area contributed by atoms with Crippen LogP contribution in [-0.2, 0) is 0 Å². The standard InChI is InChI=1S/C20H13ClF7N5O2/c21-15-9-16(30-12-3-7-13(8-4-12)34-19(24,25)17(22)23)32-18(31-15)33-29-10-11-1-5-14(6-2-11)35-20(26,27)28/h1-10,17H,(H2,30,31,32,33)/b29-10+. The Morgan fingerprint density at radius 3 is 2.09 bits per heavy atom. The van der Waals surface area contributed by atoms with E-state index in [1.807, 2.05) is 0 Å². The molecule has 35 heavy (non-hydrogen) atoms. The van der Waals surface area contributed by atoms with Crippen molar-refractivity contribution in [3.63, 3.8) is 0 Å². The molecule has 0 bridgehead atoms. The zero-order valence-electron chi connectivity index (χ0n) is 17.0. The normalized spacial score (nSPS) is 12.1. The second kappa shape index (κ2) is 10.6. The molecule has 0 spiro atoms. The lowest BCUT2D eigenvalue weighted by Gasteiger charge is -2.17. The molecule has 7 nitrogen and oxygen atoms in total. The van der Waals surface area contributed by atoms with Crippen molar-refractivity contribution in [2.45, 2.75) is 18.9 Å². The first kappa shape index (κ1) is 25.8. The lowest BCUT2D eigenvalue weighted by Crippen LogP contribution is -2.33. The zero-order valence-corrected chi connectivity index (χ0v) is 17.8. The number of alkyl halides is 7. The summed E-state index contributed by atoms with van der Waals surface area (Å²) in [6.07, 6.45) is -12.1. The third-order valence-corrected chi connectivity index (χ3v) is 4.02. The van der Waals surface area contributed by atoms with Gasteiger partial charge in [-0.3, -0.25) is 0 Å². The Bertz CT molecular complexity index is 1160. The highest BCUT2D eigenvalue weighted by molar-refractivity contribution is 6.29. The number of rotatable bonds is 9. The molecule has 0 radical (unpaired) electrons. The zero-order chi connectivity index (χ0) is 25.6. The van der Waals surface area contributed by atoms with Crippen LogP contribution in [0.1, 0.15) is 5.56 Å². The Balaban J connectivity index is 1.62. The van der Waals surface area contributed by atoms with Crippen LogP contribution >= 0.6 is 11.6 Å². The van der Waals surface area contributed by atoms with Gasteiger partial charge in [0.2, 0.25) is 5.95 Å². The van der Waals surface area contributed by atoms with E-state index in [9.17, 15) is 30.7 Å². The van der Waals surface area contributed by atoms with Crippen LogP contribution in [0.4, 0.5) is 48.2 Å². The topological polar surface area (TPSA) is 80.7 Å². The van der Waals surface area contributed by atoms with Gasteiger partial charge >= 0.3 is 18.9 Å². The number of benzene rings is 2. The minimum absolute atomic E-state index is 0.00498. The summed E-state index contributed by atoms with van der Waals surface area (Å²) in [7, 11) is 0. The number of halogens is 8. The summed E-state index contributed by atoms with van der Waals surface area (Å²) in [5, 5.41) is 6.68. The van der Waals surface area contributed by atoms with Crippen LogP contribution in [0.3, 0.4) is 0 Å². The molecule has 0 aliphatic rings. The summed E-state index contributed by atoms with van der Waals surface area (Å²) in [6, 6.07) is 10.9. The van der Waals surface area contributed by atoms with Gasteiger partial charge in [-0.2, -0.15) is 32.6 Å². The Morgan fingerprint density at radius 2 is 1.49 bits per heavy atom. The van der Waals surface area contributed by atoms with Crippen molar-refractivity contribution in [1.29, 1.82) is 0 Å². The van der Waals surface area contributed by atoms with Gasteiger partial charge in [-0.15, -0.1) is 13.2 Å². The van der Waals surface area contributed by atoms with Gasteiger partial charge in [0.05, 0.1) is 6.21 Å². The van der Waals surface area contributed by atoms with Crippen molar-refractivity contribution in [2.24, 2.45) is 5.10 Å². The molecule has 0 saturated heterocycles. The van der Waals surface area contributed by atoms with Crippen LogP contribution < -0.4 is 20.2 Å². The molecule has 0 aliphatic carbocycles. The monoisotopic (exact) mass is 523 g/mol. The maximum absolute atomic E-state index is 13.0. The molecule has 15 heteroatoms. The van der Waals surface area contributed by atoms with E-state index in [0.717, 1.165) is 24.3 Å². The van der Waals surface area contributed by atoms with E-state index in [4.69, 9.17) is 11.6 Å². The molecule has 0 atom stereocenters. The van der Waals surface area contributed by atoms with E-state index in [1.54, 1.807) is 0 Å². The molecule has 3 aromatic rings. The van der Waals surface area contributed by atoms with Crippen molar-refractivity contribution in [1.82, 2.24) is 9.97 Å². The van der Waals surface area contributed by atoms with Crippen molar-refractivity contribution in [3.8, 4) is 11.5 Å². The molecule has 2 aromatic carbocycles. The Morgan fingerprint density at radius 1 is 0.886 bits per heavy atom. The lowest BCUT2D eigenvalue weighted by atomic mass is 10.2. The molecule has 3 rings (SSSR count). The highest BCUT2D eigenvalue weighted by Crippen LogP contribution is 2.29. The van der Waals surface area contributed by atoms with Gasteiger partial charge in [0.25, 0.3) is 0 Å². The Hall–Kier alpha value is -3.81. The molecule has 186 valence electrons. The van der Waals surface area contributed by atoms with E-state index in [2.05, 4.69) is 35.3 Å². The Kier molecular flexibility index (Phi) is 7.84. The minimum Gasteiger partial charge on any atom is -0.428 e. The molecule has 0 saturated carbocycles. The van der Waals surface area contributed by atoms with E-state index >= 15 is 0 Å². The van der Waals surface area contributed by atoms with Crippen LogP contribution in [0.2, 0.25) is 5.15 Å². The number of anilines is 3. The number of nitrogens with one attached hydrogen (secondary N) is 2. The van der Waals surface area contributed by atoms with Gasteiger partial charge < -0.3 is 14.8 Å². The number of nitrogens with zero attached hydrogens (tertiary/aromatic N) is 3. The highest BCUT2D eigenvalue weighted by Gasteiger charge is 2.43. The van der Waals surface area contributed by atoms with Crippen molar-refractivity contribution < 1.29 is 40.2 Å². The van der Waals surface area contributed by atoms with Crippen LogP contribution in [0.25, 0.3) is 0 Å². The first-order chi connectivity index (χ1) is 16.4. The van der Waals surface area contributed by atoms with E-state index in [0.29, 0.717) is 11.3 Å². The molecule has 1 heterocycles. The smallest absolute Gasteiger partial charge is 0.428 e. The summed E-state index contributed by atoms with van der Waals surface area (Å²) in [6.45, 7) is 0. The SMILES string of the molecule is FC(F)C(F)(F)Oc1ccc(Nc2cc(Cl)nc(N/N=C/c3ccc(OC(F)(F)F)cc3)n2)cc1. The first-order valence-electron chi connectivity index (χ1n) is 9.31. The minimum atomic E-state index is -4.80. The maximum atomic E-state index is 13.0. The van der Waals surface area contributed by atoms with Crippen molar-refractivity contribution in [3.05, 3.63) is 65.3 Å². The molecule has 0 unspecified atom stereocenters.